The Morgan fingerprint density at radius 1 is 1.10 bits per heavy atom. The van der Waals surface area contributed by atoms with Gasteiger partial charge in [0, 0.05) is 44.5 Å². The van der Waals surface area contributed by atoms with Crippen LogP contribution in [-0.4, -0.2) is 52.8 Å². The van der Waals surface area contributed by atoms with Gasteiger partial charge in [-0.25, -0.2) is 0 Å². The standard InChI is InChI=1S/C26H31N3O2/c1-2-28-15-16-29(25(30)22-7-4-3-5-8-22)19-24(26(28)31)17-20-10-12-21(13-11-20)23-9-6-14-27-18-23/h3-4,6,9-14,18,22,24H,2,5,7-8,15-17,19H2,1H3. The lowest BCUT2D eigenvalue weighted by Crippen LogP contribution is -2.41. The third-order valence-corrected chi connectivity index (χ3v) is 6.48. The van der Waals surface area contributed by atoms with Gasteiger partial charge in [0.15, 0.2) is 0 Å². The van der Waals surface area contributed by atoms with Crippen molar-refractivity contribution in [3.05, 3.63) is 66.5 Å². The van der Waals surface area contributed by atoms with Gasteiger partial charge in [-0.2, -0.15) is 0 Å². The summed E-state index contributed by atoms with van der Waals surface area (Å²) in [6, 6.07) is 12.3. The Morgan fingerprint density at radius 2 is 1.94 bits per heavy atom. The summed E-state index contributed by atoms with van der Waals surface area (Å²) in [5, 5.41) is 0. The molecule has 31 heavy (non-hydrogen) atoms. The number of carbonyl (C=O) groups is 2. The quantitative estimate of drug-likeness (QED) is 0.692. The van der Waals surface area contributed by atoms with E-state index in [9.17, 15) is 9.59 Å². The first-order chi connectivity index (χ1) is 15.2. The second-order valence-electron chi connectivity index (χ2n) is 8.52. The summed E-state index contributed by atoms with van der Waals surface area (Å²) >= 11 is 0. The highest BCUT2D eigenvalue weighted by Gasteiger charge is 2.34. The molecule has 0 bridgehead atoms. The minimum absolute atomic E-state index is 0.0627. The molecule has 2 unspecified atom stereocenters. The lowest BCUT2D eigenvalue weighted by molar-refractivity contribution is -0.136. The molecule has 2 aliphatic rings. The fourth-order valence-electron chi connectivity index (χ4n) is 4.64. The number of rotatable bonds is 5. The summed E-state index contributed by atoms with van der Waals surface area (Å²) in [7, 11) is 0. The van der Waals surface area contributed by atoms with Crippen molar-refractivity contribution < 1.29 is 9.59 Å². The van der Waals surface area contributed by atoms with E-state index in [1.807, 2.05) is 35.1 Å². The number of nitrogens with zero attached hydrogens (tertiary/aromatic N) is 3. The predicted molar refractivity (Wildman–Crippen MR) is 122 cm³/mol. The van der Waals surface area contributed by atoms with Crippen molar-refractivity contribution >= 4 is 11.8 Å². The maximum Gasteiger partial charge on any atom is 0.227 e. The normalized spacial score (nSPS) is 21.8. The van der Waals surface area contributed by atoms with Crippen LogP contribution in [0.5, 0.6) is 0 Å². The largest absolute Gasteiger partial charge is 0.341 e. The van der Waals surface area contributed by atoms with Crippen molar-refractivity contribution in [2.75, 3.05) is 26.2 Å². The first-order valence-electron chi connectivity index (χ1n) is 11.4. The van der Waals surface area contributed by atoms with Gasteiger partial charge in [-0.1, -0.05) is 42.5 Å². The maximum atomic E-state index is 13.2. The maximum absolute atomic E-state index is 13.2. The minimum atomic E-state index is -0.199. The van der Waals surface area contributed by atoms with Gasteiger partial charge in [-0.3, -0.25) is 14.6 Å². The van der Waals surface area contributed by atoms with Gasteiger partial charge < -0.3 is 9.80 Å². The highest BCUT2D eigenvalue weighted by molar-refractivity contribution is 5.83. The Balaban J connectivity index is 1.49. The number of hydrogen-bond donors (Lipinski definition) is 0. The molecule has 2 heterocycles. The summed E-state index contributed by atoms with van der Waals surface area (Å²) in [6.07, 6.45) is 11.3. The SMILES string of the molecule is CCN1CCN(C(=O)C2CC=CCC2)CC(Cc2ccc(-c3cccnc3)cc2)C1=O. The zero-order valence-corrected chi connectivity index (χ0v) is 18.2. The molecule has 0 saturated carbocycles. The van der Waals surface area contributed by atoms with Crippen LogP contribution in [0.15, 0.2) is 60.9 Å². The van der Waals surface area contributed by atoms with E-state index in [2.05, 4.69) is 41.4 Å². The molecule has 1 aliphatic heterocycles. The molecule has 2 aromatic rings. The average Bonchev–Trinajstić information content (AvgIpc) is 2.99. The zero-order valence-electron chi connectivity index (χ0n) is 18.2. The van der Waals surface area contributed by atoms with Gasteiger partial charge in [-0.05, 0) is 55.4 Å². The van der Waals surface area contributed by atoms with Gasteiger partial charge in [0.2, 0.25) is 11.8 Å². The van der Waals surface area contributed by atoms with E-state index in [1.165, 1.54) is 0 Å². The van der Waals surface area contributed by atoms with Crippen molar-refractivity contribution in [1.82, 2.24) is 14.8 Å². The van der Waals surface area contributed by atoms with E-state index >= 15 is 0 Å². The lowest BCUT2D eigenvalue weighted by Gasteiger charge is -2.28. The predicted octanol–water partition coefficient (Wildman–Crippen LogP) is 3.95. The molecule has 5 nitrogen and oxygen atoms in total. The molecule has 4 rings (SSSR count). The van der Waals surface area contributed by atoms with Crippen LogP contribution in [0.2, 0.25) is 0 Å². The van der Waals surface area contributed by atoms with E-state index < -0.39 is 0 Å². The number of pyridine rings is 1. The Hall–Kier alpha value is -2.95. The summed E-state index contributed by atoms with van der Waals surface area (Å²) in [4.78, 5) is 34.4. The number of carbonyl (C=O) groups excluding carboxylic acids is 2. The van der Waals surface area contributed by atoms with Crippen LogP contribution in [0.4, 0.5) is 0 Å². The first-order valence-corrected chi connectivity index (χ1v) is 11.4. The molecule has 2 atom stereocenters. The summed E-state index contributed by atoms with van der Waals surface area (Å²) in [5.41, 5.74) is 3.31. The van der Waals surface area contributed by atoms with Crippen molar-refractivity contribution in [1.29, 1.82) is 0 Å². The van der Waals surface area contributed by atoms with Crippen LogP contribution in [0, 0.1) is 11.8 Å². The molecule has 1 aromatic carbocycles. The molecule has 1 fully saturated rings. The van der Waals surface area contributed by atoms with Gasteiger partial charge in [-0.15, -0.1) is 0 Å². The fourth-order valence-corrected chi connectivity index (χ4v) is 4.64. The molecule has 1 saturated heterocycles. The second kappa shape index (κ2) is 9.90. The summed E-state index contributed by atoms with van der Waals surface area (Å²) in [6.45, 7) is 4.47. The number of aromatic nitrogens is 1. The summed E-state index contributed by atoms with van der Waals surface area (Å²) < 4.78 is 0. The average molecular weight is 418 g/mol. The van der Waals surface area contributed by atoms with Crippen molar-refractivity contribution in [2.24, 2.45) is 11.8 Å². The van der Waals surface area contributed by atoms with Crippen LogP contribution in [0.3, 0.4) is 0 Å². The zero-order chi connectivity index (χ0) is 21.6. The molecule has 1 aromatic heterocycles. The van der Waals surface area contributed by atoms with Gasteiger partial charge >= 0.3 is 0 Å². The van der Waals surface area contributed by atoms with Crippen LogP contribution < -0.4 is 0 Å². The third kappa shape index (κ3) is 5.04. The smallest absolute Gasteiger partial charge is 0.227 e. The highest BCUT2D eigenvalue weighted by atomic mass is 16.2. The number of allylic oxidation sites excluding steroid dienone is 2. The molecular formula is C26H31N3O2. The van der Waals surface area contributed by atoms with Gasteiger partial charge in [0.1, 0.15) is 0 Å². The van der Waals surface area contributed by atoms with E-state index in [1.54, 1.807) is 6.20 Å². The van der Waals surface area contributed by atoms with E-state index in [4.69, 9.17) is 0 Å². The fraction of sp³-hybridized carbons (Fsp3) is 0.423. The van der Waals surface area contributed by atoms with Gasteiger partial charge in [0.25, 0.3) is 0 Å². The number of amides is 2. The Morgan fingerprint density at radius 3 is 2.61 bits per heavy atom. The second-order valence-corrected chi connectivity index (χ2v) is 8.52. The summed E-state index contributed by atoms with van der Waals surface area (Å²) in [5.74, 6) is 0.243. The van der Waals surface area contributed by atoms with Crippen molar-refractivity contribution in [3.63, 3.8) is 0 Å². The Kier molecular flexibility index (Phi) is 6.80. The van der Waals surface area contributed by atoms with Crippen LogP contribution in [0.1, 0.15) is 31.7 Å². The molecule has 162 valence electrons. The monoisotopic (exact) mass is 417 g/mol. The molecule has 5 heteroatoms. The number of likely N-dealkylation sites (N-methyl/N-ethyl adjacent to an activating group) is 1. The molecule has 0 spiro atoms. The first kappa shape index (κ1) is 21.3. The van der Waals surface area contributed by atoms with Crippen molar-refractivity contribution in [2.45, 2.75) is 32.6 Å². The molecule has 0 N–H and O–H groups in total. The highest BCUT2D eigenvalue weighted by Crippen LogP contribution is 2.25. The Labute approximate surface area is 184 Å². The molecule has 0 radical (unpaired) electrons. The van der Waals surface area contributed by atoms with E-state index in [-0.39, 0.29) is 23.7 Å². The Bertz CT molecular complexity index is 923. The van der Waals surface area contributed by atoms with E-state index in [0.29, 0.717) is 32.6 Å². The lowest BCUT2D eigenvalue weighted by atomic mass is 9.92. The number of hydrogen-bond acceptors (Lipinski definition) is 3. The molecule has 1 aliphatic carbocycles. The number of benzene rings is 1. The van der Waals surface area contributed by atoms with Gasteiger partial charge in [0.05, 0.1) is 5.92 Å². The van der Waals surface area contributed by atoms with Crippen LogP contribution >= 0.6 is 0 Å². The molecular weight excluding hydrogens is 386 g/mol. The van der Waals surface area contributed by atoms with Crippen LogP contribution in [0.25, 0.3) is 11.1 Å². The van der Waals surface area contributed by atoms with Crippen molar-refractivity contribution in [3.8, 4) is 11.1 Å². The third-order valence-electron chi connectivity index (χ3n) is 6.48. The van der Waals surface area contributed by atoms with Crippen LogP contribution in [-0.2, 0) is 16.0 Å². The minimum Gasteiger partial charge on any atom is -0.341 e. The van der Waals surface area contributed by atoms with E-state index in [0.717, 1.165) is 36.0 Å². The molecule has 2 amide bonds. The topological polar surface area (TPSA) is 53.5 Å².